The average Bonchev–Trinajstić information content (AvgIpc) is 1.76. The van der Waals surface area contributed by atoms with Crippen LogP contribution >= 0.6 is 0 Å². The Balaban J connectivity index is 1.69. The molecule has 1 fully saturated rings. The van der Waals surface area contributed by atoms with E-state index in [-0.39, 0.29) is 95.9 Å². The zero-order valence-electron chi connectivity index (χ0n) is 56.4. The molecule has 1 saturated heterocycles. The van der Waals surface area contributed by atoms with E-state index in [1.54, 1.807) is 54.6 Å². The number of carbonyl (C=O) groups is 13. The lowest BCUT2D eigenvalue weighted by Crippen LogP contribution is -2.59. The zero-order valence-corrected chi connectivity index (χ0v) is 56.4. The minimum absolute atomic E-state index is 0.0125. The molecule has 11 atom stereocenters. The number of likely N-dealkylation sites (tertiary alicyclic amines) is 1. The molecule has 99 heavy (non-hydrogen) atoms. The van der Waals surface area contributed by atoms with E-state index in [9.17, 15) is 67.4 Å². The molecule has 0 bridgehead atoms. The van der Waals surface area contributed by atoms with E-state index in [0.29, 0.717) is 44.2 Å². The summed E-state index contributed by atoms with van der Waals surface area (Å²) in [7, 11) is 0. The highest BCUT2D eigenvalue weighted by Gasteiger charge is 2.40. The Morgan fingerprint density at radius 2 is 0.929 bits per heavy atom. The molecule has 0 saturated carbocycles. The van der Waals surface area contributed by atoms with E-state index in [1.165, 1.54) is 25.7 Å². The Bertz CT molecular complexity index is 3060. The van der Waals surface area contributed by atoms with Crippen LogP contribution in [0.5, 0.6) is 0 Å². The highest BCUT2D eigenvalue weighted by molar-refractivity contribution is 5.99. The summed E-state index contributed by atoms with van der Waals surface area (Å²) in [6.07, 6.45) is 1.35. The largest absolute Gasteiger partial charge is 0.391 e. The van der Waals surface area contributed by atoms with Crippen LogP contribution in [0.15, 0.2) is 70.6 Å². The maximum absolute atomic E-state index is 14.6. The van der Waals surface area contributed by atoms with Crippen LogP contribution < -0.4 is 104 Å². The molecule has 1 aliphatic heterocycles. The number of aliphatic hydroxyl groups is 1. The molecule has 0 aromatic heterocycles. The van der Waals surface area contributed by atoms with Gasteiger partial charge in [0.1, 0.15) is 54.4 Å². The summed E-state index contributed by atoms with van der Waals surface area (Å²) in [4.78, 5) is 184. The Labute approximate surface area is 574 Å². The molecule has 28 N–H and O–H groups in total. The van der Waals surface area contributed by atoms with Gasteiger partial charge in [0.05, 0.1) is 31.8 Å². The van der Waals surface area contributed by atoms with Crippen LogP contribution in [0.2, 0.25) is 0 Å². The van der Waals surface area contributed by atoms with Gasteiger partial charge in [0.15, 0.2) is 11.9 Å². The van der Waals surface area contributed by atoms with Crippen LogP contribution in [0.25, 0.3) is 0 Å². The minimum atomic E-state index is -1.71. The van der Waals surface area contributed by atoms with E-state index >= 15 is 0 Å². The molecule has 3 rings (SSSR count). The van der Waals surface area contributed by atoms with Gasteiger partial charge in [-0.3, -0.25) is 72.3 Å². The van der Waals surface area contributed by atoms with Gasteiger partial charge in [0, 0.05) is 26.1 Å². The highest BCUT2D eigenvalue weighted by atomic mass is 16.3. The van der Waals surface area contributed by atoms with Crippen molar-refractivity contribution in [3.63, 3.8) is 0 Å². The van der Waals surface area contributed by atoms with Gasteiger partial charge in [-0.25, -0.2) is 0 Å². The summed E-state index contributed by atoms with van der Waals surface area (Å²) in [5.41, 5.74) is 46.3. The topological polar surface area (TPSA) is 611 Å². The fourth-order valence-electron chi connectivity index (χ4n) is 10.2. The molecule has 2 aromatic rings. The molecular formula is C63H102N22O14. The van der Waals surface area contributed by atoms with Gasteiger partial charge in [-0.1, -0.05) is 60.7 Å². The third-order valence-electron chi connectivity index (χ3n) is 15.6. The van der Waals surface area contributed by atoms with Crippen molar-refractivity contribution in [3.8, 4) is 0 Å². The molecule has 13 amide bonds. The smallest absolute Gasteiger partial charge is 0.245 e. The van der Waals surface area contributed by atoms with Crippen LogP contribution in [0.3, 0.4) is 0 Å². The molecule has 36 heteroatoms. The number of rotatable bonds is 45. The lowest BCUT2D eigenvalue weighted by atomic mass is 10.0. The molecule has 36 nitrogen and oxygen atoms in total. The Kier molecular flexibility index (Phi) is 37.5. The van der Waals surface area contributed by atoms with Crippen molar-refractivity contribution in [1.29, 1.82) is 0 Å². The number of nitrogens with one attached hydrogen (secondary N) is 11. The summed E-state index contributed by atoms with van der Waals surface area (Å²) >= 11 is 0. The van der Waals surface area contributed by atoms with Crippen molar-refractivity contribution in [2.75, 3.05) is 52.4 Å². The minimum Gasteiger partial charge on any atom is -0.391 e. The first-order valence-electron chi connectivity index (χ1n) is 32.9. The van der Waals surface area contributed by atoms with Crippen molar-refractivity contribution in [2.24, 2.45) is 55.9 Å². The van der Waals surface area contributed by atoms with Crippen LogP contribution in [0.4, 0.5) is 0 Å². The Morgan fingerprint density at radius 1 is 0.485 bits per heavy atom. The van der Waals surface area contributed by atoms with E-state index in [1.807, 2.05) is 6.07 Å². The summed E-state index contributed by atoms with van der Waals surface area (Å²) in [5, 5.41) is 38.2. The molecule has 0 radical (unpaired) electrons. The number of hydrogen-bond donors (Lipinski definition) is 20. The molecule has 1 aliphatic rings. The van der Waals surface area contributed by atoms with Crippen molar-refractivity contribution >= 4 is 88.7 Å². The SMILES string of the molecule is C[C@H](NC(=O)CNC(=O)[C@@H](NC(=O)[C@H](Cc1ccccc1)NC(=O)CNC(=O)CNC(=O)[C@@H](N)Cc1ccccc1)[C@@H](C)O)C(=O)N[C@@H](CCCN=C(N)N)C(=O)N[C@@H](CCCCN)C(=O)N1CCC[C@H]1C(=O)N[C@@H](C)C(=O)N[C@@H](CCCN=C(N)N)C(=O)N[C@@H](CCCCN)C(N)=O. The fourth-order valence-corrected chi connectivity index (χ4v) is 10.2. The first kappa shape index (κ1) is 83.2. The van der Waals surface area contributed by atoms with Gasteiger partial charge in [0.2, 0.25) is 76.8 Å². The number of unbranched alkanes of at least 4 members (excludes halogenated alkanes) is 2. The van der Waals surface area contributed by atoms with Crippen LogP contribution in [-0.4, -0.2) is 218 Å². The number of benzene rings is 2. The average molecular weight is 1390 g/mol. The predicted octanol–water partition coefficient (Wildman–Crippen LogP) is -7.71. The van der Waals surface area contributed by atoms with Gasteiger partial charge in [-0.2, -0.15) is 0 Å². The maximum atomic E-state index is 14.6. The number of hydrogen-bond acceptors (Lipinski definition) is 19. The molecule has 548 valence electrons. The number of amides is 13. The first-order chi connectivity index (χ1) is 47.0. The monoisotopic (exact) mass is 1390 g/mol. The van der Waals surface area contributed by atoms with Gasteiger partial charge in [-0.05, 0) is 128 Å². The van der Waals surface area contributed by atoms with E-state index in [4.69, 9.17) is 45.9 Å². The van der Waals surface area contributed by atoms with Gasteiger partial charge in [-0.15, -0.1) is 0 Å². The van der Waals surface area contributed by atoms with Crippen molar-refractivity contribution < 1.29 is 67.4 Å². The number of guanidine groups is 2. The summed E-state index contributed by atoms with van der Waals surface area (Å²) in [5.74, 6) is -11.0. The van der Waals surface area contributed by atoms with Crippen LogP contribution in [0, 0.1) is 0 Å². The van der Waals surface area contributed by atoms with Crippen molar-refractivity contribution in [2.45, 2.75) is 177 Å². The van der Waals surface area contributed by atoms with E-state index < -0.39 is 163 Å². The molecule has 1 heterocycles. The number of nitrogens with two attached hydrogens (primary N) is 8. The number of carbonyl (C=O) groups excluding carboxylic acids is 13. The highest BCUT2D eigenvalue weighted by Crippen LogP contribution is 2.21. The van der Waals surface area contributed by atoms with Gasteiger partial charge >= 0.3 is 0 Å². The molecular weight excluding hydrogens is 1290 g/mol. The summed E-state index contributed by atoms with van der Waals surface area (Å²) < 4.78 is 0. The number of primary amides is 1. The van der Waals surface area contributed by atoms with Crippen molar-refractivity contribution in [3.05, 3.63) is 71.8 Å². The normalized spacial score (nSPS) is 15.5. The Morgan fingerprint density at radius 3 is 1.44 bits per heavy atom. The quantitative estimate of drug-likeness (QED) is 0.0166. The van der Waals surface area contributed by atoms with Crippen LogP contribution in [0.1, 0.15) is 109 Å². The second kappa shape index (κ2) is 44.7. The van der Waals surface area contributed by atoms with E-state index in [0.717, 1.165) is 5.56 Å². The predicted molar refractivity (Wildman–Crippen MR) is 365 cm³/mol. The summed E-state index contributed by atoms with van der Waals surface area (Å²) in [6, 6.07) is 4.64. The third-order valence-corrected chi connectivity index (χ3v) is 15.6. The molecule has 0 aliphatic carbocycles. The maximum Gasteiger partial charge on any atom is 0.245 e. The van der Waals surface area contributed by atoms with Crippen LogP contribution in [-0.2, 0) is 75.2 Å². The standard InChI is InChI=1S/C63H102N22O14/c1-36(77-49(88)35-76-60(98)51(38(3)86)84-58(96)46(32-40-19-8-5-9-20-40)79-50(89)34-74-48(87)33-75-55(93)41(66)31-39-17-6-4-7-18-39)53(91)81-44(24-15-29-73-63(70)71)57(95)83-45(22-11-13-27-65)61(99)85-30-16-25-47(85)59(97)78-37(2)54(92)82-43(23-14-28-72-62(68)69)56(94)80-42(52(67)90)21-10-12-26-64/h4-9,17-20,36-38,41-47,51,86H,10-16,21-35,64-66H2,1-3H3,(H2,67,90)(H,74,87)(H,75,93)(H,76,98)(H,77,88)(H,78,97)(H,79,89)(H,80,94)(H,81,91)(H,82,92)(H,83,95)(H,84,96)(H4,68,69,72)(H4,70,71,73)/t36-,37-,38+,41-,42-,43-,44-,45-,46-,47-,51-/m0/s1. The van der Waals surface area contributed by atoms with Gasteiger partial charge < -0.3 is 114 Å². The number of nitrogens with zero attached hydrogens (tertiary/aromatic N) is 3. The lowest BCUT2D eigenvalue weighted by Gasteiger charge is -2.30. The lowest BCUT2D eigenvalue weighted by molar-refractivity contribution is -0.142. The third kappa shape index (κ3) is 31.8. The molecule has 0 unspecified atom stereocenters. The first-order valence-corrected chi connectivity index (χ1v) is 32.9. The van der Waals surface area contributed by atoms with Crippen molar-refractivity contribution in [1.82, 2.24) is 63.4 Å². The summed E-state index contributed by atoms with van der Waals surface area (Å²) in [6.45, 7) is 2.67. The molecule has 0 spiro atoms. The second-order valence-electron chi connectivity index (χ2n) is 23.9. The Hall–Kier alpha value is -10.1. The van der Waals surface area contributed by atoms with Gasteiger partial charge in [0.25, 0.3) is 0 Å². The second-order valence-corrected chi connectivity index (χ2v) is 23.9. The number of aliphatic hydroxyl groups excluding tert-OH is 1. The zero-order chi connectivity index (χ0) is 73.6. The number of aliphatic imine (C=N–C) groups is 2. The fraction of sp³-hybridized carbons (Fsp3) is 0.571. The molecule has 2 aromatic carbocycles. The van der Waals surface area contributed by atoms with E-state index in [2.05, 4.69) is 68.5 Å².